The molecule has 0 spiro atoms. The third-order valence-electron chi connectivity index (χ3n) is 8.37. The molecule has 7 heteroatoms. The Hall–Kier alpha value is -2.93. The largest absolute Gasteiger partial charge is 0.343 e. The maximum Gasteiger partial charge on any atom is 0.245 e. The highest BCUT2D eigenvalue weighted by Gasteiger charge is 2.39. The SMILES string of the molecule is CNC(C)C(=O)N[C@H](C(=O)N1CCCC1c1ccnc(N2CCc3ccccc32)c1)C1CCCCC1. The Morgan fingerprint density at radius 1 is 1.03 bits per heavy atom. The number of anilines is 2. The maximum absolute atomic E-state index is 14.0. The molecule has 5 rings (SSSR count). The topological polar surface area (TPSA) is 77.6 Å². The van der Waals surface area contributed by atoms with Gasteiger partial charge in [-0.2, -0.15) is 0 Å². The van der Waals surface area contributed by atoms with Crippen LogP contribution in [0.1, 0.15) is 69.0 Å². The number of aromatic nitrogens is 1. The number of hydrogen-bond donors (Lipinski definition) is 2. The number of para-hydroxylation sites is 1. The average molecular weight is 490 g/mol. The van der Waals surface area contributed by atoms with Gasteiger partial charge < -0.3 is 20.4 Å². The molecule has 1 aromatic heterocycles. The Labute approximate surface area is 214 Å². The molecule has 1 saturated carbocycles. The fourth-order valence-corrected chi connectivity index (χ4v) is 6.18. The van der Waals surface area contributed by atoms with E-state index in [-0.39, 0.29) is 29.8 Å². The first-order chi connectivity index (χ1) is 17.6. The van der Waals surface area contributed by atoms with Gasteiger partial charge in [0.05, 0.1) is 12.1 Å². The lowest BCUT2D eigenvalue weighted by Crippen LogP contribution is -2.55. The molecule has 1 saturated heterocycles. The number of nitrogens with one attached hydrogen (secondary N) is 2. The summed E-state index contributed by atoms with van der Waals surface area (Å²) in [6.45, 7) is 3.49. The van der Waals surface area contributed by atoms with Crippen LogP contribution in [0.5, 0.6) is 0 Å². The molecule has 2 aliphatic heterocycles. The molecule has 2 amide bonds. The minimum Gasteiger partial charge on any atom is -0.343 e. The zero-order valence-electron chi connectivity index (χ0n) is 21.6. The fraction of sp³-hybridized carbons (Fsp3) is 0.552. The Bertz CT molecular complexity index is 1080. The molecule has 3 heterocycles. The number of pyridine rings is 1. The number of benzene rings is 1. The fourth-order valence-electron chi connectivity index (χ4n) is 6.18. The van der Waals surface area contributed by atoms with Gasteiger partial charge in [-0.1, -0.05) is 37.5 Å². The van der Waals surface area contributed by atoms with E-state index in [0.717, 1.165) is 69.4 Å². The molecule has 2 N–H and O–H groups in total. The van der Waals surface area contributed by atoms with E-state index in [1.165, 1.54) is 17.7 Å². The molecule has 36 heavy (non-hydrogen) atoms. The normalized spacial score (nSPS) is 21.8. The predicted octanol–water partition coefficient (Wildman–Crippen LogP) is 4.11. The van der Waals surface area contributed by atoms with Crippen molar-refractivity contribution >= 4 is 23.3 Å². The zero-order chi connectivity index (χ0) is 25.1. The molecule has 1 aliphatic carbocycles. The number of fused-ring (bicyclic) bond motifs is 1. The van der Waals surface area contributed by atoms with Crippen molar-refractivity contribution in [1.82, 2.24) is 20.5 Å². The van der Waals surface area contributed by atoms with Crippen molar-refractivity contribution in [2.75, 3.05) is 25.0 Å². The van der Waals surface area contributed by atoms with Gasteiger partial charge in [0.1, 0.15) is 11.9 Å². The van der Waals surface area contributed by atoms with Gasteiger partial charge in [0, 0.05) is 25.0 Å². The summed E-state index contributed by atoms with van der Waals surface area (Å²) in [4.78, 5) is 35.9. The Morgan fingerprint density at radius 3 is 2.64 bits per heavy atom. The van der Waals surface area contributed by atoms with Gasteiger partial charge in [-0.25, -0.2) is 4.98 Å². The molecule has 2 unspecified atom stereocenters. The van der Waals surface area contributed by atoms with E-state index in [4.69, 9.17) is 4.98 Å². The number of carbonyl (C=O) groups is 2. The first-order valence-corrected chi connectivity index (χ1v) is 13.7. The Kier molecular flexibility index (Phi) is 7.56. The minimum atomic E-state index is -0.457. The van der Waals surface area contributed by atoms with Crippen LogP contribution in [0.4, 0.5) is 11.5 Å². The number of carbonyl (C=O) groups excluding carboxylic acids is 2. The van der Waals surface area contributed by atoms with Gasteiger partial charge in [0.2, 0.25) is 11.8 Å². The molecule has 0 bridgehead atoms. The van der Waals surface area contributed by atoms with Crippen molar-refractivity contribution in [1.29, 1.82) is 0 Å². The Morgan fingerprint density at radius 2 is 1.83 bits per heavy atom. The highest BCUT2D eigenvalue weighted by Crippen LogP contribution is 2.38. The zero-order valence-corrected chi connectivity index (χ0v) is 21.6. The third-order valence-corrected chi connectivity index (χ3v) is 8.37. The van der Waals surface area contributed by atoms with Gasteiger partial charge in [-0.15, -0.1) is 0 Å². The summed E-state index contributed by atoms with van der Waals surface area (Å²) >= 11 is 0. The molecular weight excluding hydrogens is 450 g/mol. The van der Waals surface area contributed by atoms with Crippen LogP contribution in [0, 0.1) is 5.92 Å². The van der Waals surface area contributed by atoms with Gasteiger partial charge in [-0.3, -0.25) is 9.59 Å². The molecule has 192 valence electrons. The van der Waals surface area contributed by atoms with Crippen LogP contribution in [0.15, 0.2) is 42.6 Å². The smallest absolute Gasteiger partial charge is 0.245 e. The molecule has 2 fully saturated rings. The summed E-state index contributed by atoms with van der Waals surface area (Å²) in [5, 5.41) is 6.15. The summed E-state index contributed by atoms with van der Waals surface area (Å²) in [7, 11) is 1.78. The lowest BCUT2D eigenvalue weighted by molar-refractivity contribution is -0.139. The Balaban J connectivity index is 1.38. The molecule has 3 aliphatic rings. The van der Waals surface area contributed by atoms with Gasteiger partial charge in [0.25, 0.3) is 0 Å². The quantitative estimate of drug-likeness (QED) is 0.612. The number of likely N-dealkylation sites (tertiary alicyclic amines) is 1. The van der Waals surface area contributed by atoms with E-state index in [0.29, 0.717) is 0 Å². The highest BCUT2D eigenvalue weighted by atomic mass is 16.2. The molecule has 0 radical (unpaired) electrons. The van der Waals surface area contributed by atoms with Crippen LogP contribution in [-0.2, 0) is 16.0 Å². The second-order valence-corrected chi connectivity index (χ2v) is 10.6. The van der Waals surface area contributed by atoms with Crippen LogP contribution in [0.3, 0.4) is 0 Å². The lowest BCUT2D eigenvalue weighted by Gasteiger charge is -2.35. The second kappa shape index (κ2) is 11.0. The minimum absolute atomic E-state index is 0.0156. The number of nitrogens with zero attached hydrogens (tertiary/aromatic N) is 3. The van der Waals surface area contributed by atoms with Crippen molar-refractivity contribution in [2.24, 2.45) is 5.92 Å². The average Bonchev–Trinajstić information content (AvgIpc) is 3.59. The summed E-state index contributed by atoms with van der Waals surface area (Å²) in [5.41, 5.74) is 3.71. The van der Waals surface area contributed by atoms with Crippen molar-refractivity contribution in [2.45, 2.75) is 76.4 Å². The lowest BCUT2D eigenvalue weighted by atomic mass is 9.83. The van der Waals surface area contributed by atoms with Crippen molar-refractivity contribution in [3.8, 4) is 0 Å². The summed E-state index contributed by atoms with van der Waals surface area (Å²) in [6.07, 6.45) is 10.3. The number of likely N-dealkylation sites (N-methyl/N-ethyl adjacent to an activating group) is 1. The molecule has 2 aromatic rings. The van der Waals surface area contributed by atoms with Crippen LogP contribution in [-0.4, -0.2) is 53.9 Å². The van der Waals surface area contributed by atoms with Crippen LogP contribution in [0.25, 0.3) is 0 Å². The van der Waals surface area contributed by atoms with E-state index in [1.54, 1.807) is 7.05 Å². The predicted molar refractivity (Wildman–Crippen MR) is 142 cm³/mol. The first-order valence-electron chi connectivity index (χ1n) is 13.7. The van der Waals surface area contributed by atoms with Crippen LogP contribution >= 0.6 is 0 Å². The van der Waals surface area contributed by atoms with E-state index >= 15 is 0 Å². The molecule has 3 atom stereocenters. The summed E-state index contributed by atoms with van der Waals surface area (Å²) in [5.74, 6) is 1.12. The van der Waals surface area contributed by atoms with Crippen LogP contribution in [0.2, 0.25) is 0 Å². The summed E-state index contributed by atoms with van der Waals surface area (Å²) < 4.78 is 0. The maximum atomic E-state index is 14.0. The first kappa shape index (κ1) is 24.8. The van der Waals surface area contributed by atoms with Gasteiger partial charge in [-0.05, 0) is 81.3 Å². The second-order valence-electron chi connectivity index (χ2n) is 10.6. The van der Waals surface area contributed by atoms with Gasteiger partial charge >= 0.3 is 0 Å². The number of rotatable bonds is 7. The standard InChI is InChI=1S/C29H39N5O2/c1-20(30-2)28(35)32-27(22-10-4-3-5-11-22)29(36)34-17-8-13-25(34)23-14-16-31-26(19-23)33-18-15-21-9-6-7-12-24(21)33/h6-7,9,12,14,16,19-20,22,25,27,30H,3-5,8,10-11,13,15,17-18H2,1-2H3,(H,32,35)/t20?,25?,27-/m0/s1. The number of amides is 2. The van der Waals surface area contributed by atoms with E-state index in [1.807, 2.05) is 18.0 Å². The summed E-state index contributed by atoms with van der Waals surface area (Å²) in [6, 6.07) is 12.0. The number of hydrogen-bond acceptors (Lipinski definition) is 5. The third kappa shape index (κ3) is 4.99. The van der Waals surface area contributed by atoms with E-state index in [2.05, 4.69) is 51.9 Å². The van der Waals surface area contributed by atoms with Crippen molar-refractivity contribution < 1.29 is 9.59 Å². The van der Waals surface area contributed by atoms with E-state index < -0.39 is 6.04 Å². The monoisotopic (exact) mass is 489 g/mol. The van der Waals surface area contributed by atoms with Crippen LogP contribution < -0.4 is 15.5 Å². The van der Waals surface area contributed by atoms with Gasteiger partial charge in [0.15, 0.2) is 0 Å². The molecule has 1 aromatic carbocycles. The van der Waals surface area contributed by atoms with Crippen molar-refractivity contribution in [3.63, 3.8) is 0 Å². The molecule has 7 nitrogen and oxygen atoms in total. The molecular formula is C29H39N5O2. The highest BCUT2D eigenvalue weighted by molar-refractivity contribution is 5.90. The van der Waals surface area contributed by atoms with E-state index in [9.17, 15) is 9.59 Å². The van der Waals surface area contributed by atoms with Crippen molar-refractivity contribution in [3.05, 3.63) is 53.7 Å².